The molecule has 0 heterocycles. The van der Waals surface area contributed by atoms with Gasteiger partial charge in [-0.05, 0) is 46.0 Å². The fourth-order valence-corrected chi connectivity index (χ4v) is 1.90. The average Bonchev–Trinajstić information content (AvgIpc) is 2.24. The van der Waals surface area contributed by atoms with E-state index in [0.717, 1.165) is 12.8 Å². The van der Waals surface area contributed by atoms with Crippen LogP contribution in [0.15, 0.2) is 0 Å². The lowest BCUT2D eigenvalue weighted by molar-refractivity contribution is 0.0370. The van der Waals surface area contributed by atoms with Gasteiger partial charge in [0.2, 0.25) is 0 Å². The van der Waals surface area contributed by atoms with Crippen molar-refractivity contribution in [3.05, 3.63) is 0 Å². The van der Waals surface area contributed by atoms with Gasteiger partial charge >= 0.3 is 6.09 Å². The van der Waals surface area contributed by atoms with Crippen molar-refractivity contribution < 1.29 is 14.6 Å². The molecule has 2 N–H and O–H groups in total. The van der Waals surface area contributed by atoms with Gasteiger partial charge in [-0.25, -0.2) is 4.79 Å². The van der Waals surface area contributed by atoms with E-state index >= 15 is 0 Å². The predicted octanol–water partition coefficient (Wildman–Crippen LogP) is 3.09. The highest BCUT2D eigenvalue weighted by molar-refractivity contribution is 5.68. The topological polar surface area (TPSA) is 58.6 Å². The van der Waals surface area contributed by atoms with Crippen LogP contribution >= 0.6 is 0 Å². The summed E-state index contributed by atoms with van der Waals surface area (Å²) in [5.41, 5.74) is -0.468. The summed E-state index contributed by atoms with van der Waals surface area (Å²) in [5, 5.41) is 12.5. The second-order valence-corrected chi connectivity index (χ2v) is 5.70. The Hall–Kier alpha value is -0.770. The number of hydrogen-bond donors (Lipinski definition) is 2. The molecule has 1 saturated carbocycles. The lowest BCUT2D eigenvalue weighted by Gasteiger charge is -2.32. The predicted molar refractivity (Wildman–Crippen MR) is 73.5 cm³/mol. The molecule has 0 aromatic rings. The van der Waals surface area contributed by atoms with Crippen LogP contribution in [0.4, 0.5) is 4.79 Å². The minimum absolute atomic E-state index is 0.0426. The van der Waals surface area contributed by atoms with Gasteiger partial charge in [0.1, 0.15) is 5.60 Å². The molecule has 108 valence electrons. The molecule has 0 aromatic carbocycles. The van der Waals surface area contributed by atoms with Gasteiger partial charge in [-0.3, -0.25) is 0 Å². The standard InChI is InChI=1S/C12H23NO3.C2H6/c1-8-5-6-9(7-10(8)14)13-11(15)16-12(2,3)4;1-2/h8-10,14H,5-7H2,1-4H3,(H,13,15);1-2H3. The molecule has 4 nitrogen and oxygen atoms in total. The zero-order valence-electron chi connectivity index (χ0n) is 12.6. The third kappa shape index (κ3) is 6.84. The summed E-state index contributed by atoms with van der Waals surface area (Å²) in [5.74, 6) is 0.330. The molecule has 0 aromatic heterocycles. The highest BCUT2D eigenvalue weighted by Gasteiger charge is 2.28. The van der Waals surface area contributed by atoms with E-state index < -0.39 is 5.60 Å². The zero-order valence-corrected chi connectivity index (χ0v) is 12.6. The average molecular weight is 259 g/mol. The number of alkyl carbamates (subject to hydrolysis) is 1. The maximum Gasteiger partial charge on any atom is 0.407 e. The first kappa shape index (κ1) is 17.2. The highest BCUT2D eigenvalue weighted by atomic mass is 16.6. The van der Waals surface area contributed by atoms with E-state index in [1.165, 1.54) is 0 Å². The van der Waals surface area contributed by atoms with Crippen molar-refractivity contribution in [3.63, 3.8) is 0 Å². The van der Waals surface area contributed by atoms with Crippen LogP contribution in [-0.2, 0) is 4.74 Å². The summed E-state index contributed by atoms with van der Waals surface area (Å²) in [6.45, 7) is 11.5. The summed E-state index contributed by atoms with van der Waals surface area (Å²) in [4.78, 5) is 11.5. The Kier molecular flexibility index (Phi) is 7.29. The molecule has 1 fully saturated rings. The molecule has 3 atom stereocenters. The SMILES string of the molecule is CC.CC1CCC(NC(=O)OC(C)(C)C)CC1O. The number of nitrogens with one attached hydrogen (secondary N) is 1. The van der Waals surface area contributed by atoms with Crippen molar-refractivity contribution in [1.82, 2.24) is 5.32 Å². The first-order valence-corrected chi connectivity index (χ1v) is 6.95. The van der Waals surface area contributed by atoms with Crippen molar-refractivity contribution in [2.45, 2.75) is 78.6 Å². The zero-order chi connectivity index (χ0) is 14.3. The van der Waals surface area contributed by atoms with E-state index in [0.29, 0.717) is 12.3 Å². The summed E-state index contributed by atoms with van der Waals surface area (Å²) in [6.07, 6.45) is 1.78. The number of ether oxygens (including phenoxy) is 1. The largest absolute Gasteiger partial charge is 0.444 e. The number of amides is 1. The summed E-state index contributed by atoms with van der Waals surface area (Å²) in [7, 11) is 0. The molecule has 1 amide bonds. The molecular formula is C14H29NO3. The quantitative estimate of drug-likeness (QED) is 0.760. The Balaban J connectivity index is 0.00000137. The Morgan fingerprint density at radius 2 is 1.83 bits per heavy atom. The van der Waals surface area contributed by atoms with Gasteiger partial charge in [-0.2, -0.15) is 0 Å². The number of carbonyl (C=O) groups is 1. The number of aliphatic hydroxyl groups is 1. The van der Waals surface area contributed by atoms with Gasteiger partial charge in [0, 0.05) is 6.04 Å². The van der Waals surface area contributed by atoms with Crippen molar-refractivity contribution >= 4 is 6.09 Å². The molecule has 3 unspecified atom stereocenters. The van der Waals surface area contributed by atoms with Gasteiger partial charge in [0.15, 0.2) is 0 Å². The van der Waals surface area contributed by atoms with Crippen LogP contribution in [0.25, 0.3) is 0 Å². The van der Waals surface area contributed by atoms with E-state index in [2.05, 4.69) is 5.32 Å². The second-order valence-electron chi connectivity index (χ2n) is 5.70. The molecular weight excluding hydrogens is 230 g/mol. The van der Waals surface area contributed by atoms with E-state index in [4.69, 9.17) is 4.74 Å². The smallest absolute Gasteiger partial charge is 0.407 e. The van der Waals surface area contributed by atoms with Gasteiger partial charge in [-0.15, -0.1) is 0 Å². The van der Waals surface area contributed by atoms with E-state index in [9.17, 15) is 9.90 Å². The van der Waals surface area contributed by atoms with E-state index in [-0.39, 0.29) is 18.2 Å². The monoisotopic (exact) mass is 259 g/mol. The molecule has 1 aliphatic carbocycles. The Bertz CT molecular complexity index is 248. The first-order chi connectivity index (χ1) is 8.28. The van der Waals surface area contributed by atoms with Gasteiger partial charge in [0.05, 0.1) is 6.10 Å². The third-order valence-corrected chi connectivity index (χ3v) is 2.87. The number of aliphatic hydroxyl groups excluding tert-OH is 1. The molecule has 18 heavy (non-hydrogen) atoms. The first-order valence-electron chi connectivity index (χ1n) is 6.95. The Labute approximate surface area is 111 Å². The van der Waals surface area contributed by atoms with Crippen LogP contribution in [0.3, 0.4) is 0 Å². The Morgan fingerprint density at radius 1 is 1.28 bits per heavy atom. The van der Waals surface area contributed by atoms with Crippen molar-refractivity contribution in [2.75, 3.05) is 0 Å². The molecule has 0 aliphatic heterocycles. The van der Waals surface area contributed by atoms with Crippen LogP contribution < -0.4 is 5.32 Å². The van der Waals surface area contributed by atoms with Crippen LogP contribution in [0.5, 0.6) is 0 Å². The lowest BCUT2D eigenvalue weighted by atomic mass is 9.85. The van der Waals surface area contributed by atoms with E-state index in [1.54, 1.807) is 0 Å². The minimum atomic E-state index is -0.468. The van der Waals surface area contributed by atoms with Crippen molar-refractivity contribution in [3.8, 4) is 0 Å². The maximum atomic E-state index is 11.5. The van der Waals surface area contributed by atoms with Crippen LogP contribution in [-0.4, -0.2) is 28.9 Å². The number of hydrogen-bond acceptors (Lipinski definition) is 3. The van der Waals surface area contributed by atoms with Crippen LogP contribution in [0.1, 0.15) is 60.8 Å². The molecule has 0 radical (unpaired) electrons. The summed E-state index contributed by atoms with van der Waals surface area (Å²) in [6, 6.07) is 0.0426. The molecule has 1 aliphatic rings. The fraction of sp³-hybridized carbons (Fsp3) is 0.929. The molecule has 0 saturated heterocycles. The summed E-state index contributed by atoms with van der Waals surface area (Å²) < 4.78 is 5.17. The maximum absolute atomic E-state index is 11.5. The van der Waals surface area contributed by atoms with Crippen molar-refractivity contribution in [2.24, 2.45) is 5.92 Å². The molecule has 1 rings (SSSR count). The van der Waals surface area contributed by atoms with Gasteiger partial charge in [0.25, 0.3) is 0 Å². The third-order valence-electron chi connectivity index (χ3n) is 2.87. The second kappa shape index (κ2) is 7.62. The number of rotatable bonds is 1. The van der Waals surface area contributed by atoms with Gasteiger partial charge in [-0.1, -0.05) is 20.8 Å². The van der Waals surface area contributed by atoms with E-state index in [1.807, 2.05) is 41.5 Å². The van der Waals surface area contributed by atoms with Crippen molar-refractivity contribution in [1.29, 1.82) is 0 Å². The molecule has 0 bridgehead atoms. The molecule has 4 heteroatoms. The van der Waals surface area contributed by atoms with Crippen LogP contribution in [0, 0.1) is 5.92 Å². The highest BCUT2D eigenvalue weighted by Crippen LogP contribution is 2.24. The molecule has 0 spiro atoms. The normalized spacial score (nSPS) is 27.8. The Morgan fingerprint density at radius 3 is 2.28 bits per heavy atom. The lowest BCUT2D eigenvalue weighted by Crippen LogP contribution is -2.44. The summed E-state index contributed by atoms with van der Waals surface area (Å²) >= 11 is 0. The minimum Gasteiger partial charge on any atom is -0.444 e. The fourth-order valence-electron chi connectivity index (χ4n) is 1.90. The van der Waals surface area contributed by atoms with Gasteiger partial charge < -0.3 is 15.2 Å². The van der Waals surface area contributed by atoms with Crippen LogP contribution in [0.2, 0.25) is 0 Å². The number of carbonyl (C=O) groups excluding carboxylic acids is 1.